The molecular formula is C13H24O5. The third kappa shape index (κ3) is 10.1. The van der Waals surface area contributed by atoms with Crippen molar-refractivity contribution < 1.29 is 24.9 Å². The van der Waals surface area contributed by atoms with Gasteiger partial charge in [-0.2, -0.15) is 0 Å². The summed E-state index contributed by atoms with van der Waals surface area (Å²) in [6, 6.07) is 0. The number of aliphatic hydroxyl groups excluding tert-OH is 1. The van der Waals surface area contributed by atoms with Crippen LogP contribution in [0.3, 0.4) is 0 Å². The van der Waals surface area contributed by atoms with Crippen LogP contribution in [-0.4, -0.2) is 33.4 Å². The zero-order chi connectivity index (χ0) is 14.0. The van der Waals surface area contributed by atoms with Gasteiger partial charge in [0.05, 0.1) is 12.0 Å². The van der Waals surface area contributed by atoms with Crippen molar-refractivity contribution in [2.24, 2.45) is 5.92 Å². The lowest BCUT2D eigenvalue weighted by atomic mass is 9.96. The molecule has 0 aliphatic heterocycles. The molecule has 0 amide bonds. The average molecular weight is 260 g/mol. The molecule has 0 aromatic rings. The van der Waals surface area contributed by atoms with E-state index in [1.807, 2.05) is 0 Å². The van der Waals surface area contributed by atoms with Crippen molar-refractivity contribution in [1.29, 1.82) is 0 Å². The van der Waals surface area contributed by atoms with E-state index in [2.05, 4.69) is 0 Å². The minimum atomic E-state index is -0.946. The first-order valence-corrected chi connectivity index (χ1v) is 6.56. The summed E-state index contributed by atoms with van der Waals surface area (Å²) >= 11 is 0. The van der Waals surface area contributed by atoms with Gasteiger partial charge in [-0.15, -0.1) is 0 Å². The van der Waals surface area contributed by atoms with Gasteiger partial charge in [0.25, 0.3) is 0 Å². The van der Waals surface area contributed by atoms with Gasteiger partial charge < -0.3 is 15.3 Å². The van der Waals surface area contributed by atoms with E-state index in [4.69, 9.17) is 15.3 Å². The summed E-state index contributed by atoms with van der Waals surface area (Å²) in [5.41, 5.74) is 0. The van der Waals surface area contributed by atoms with Crippen molar-refractivity contribution >= 4 is 11.9 Å². The molecule has 0 fully saturated rings. The Morgan fingerprint density at radius 3 is 1.94 bits per heavy atom. The fourth-order valence-corrected chi connectivity index (χ4v) is 1.87. The molecular weight excluding hydrogens is 236 g/mol. The van der Waals surface area contributed by atoms with Crippen LogP contribution in [0.25, 0.3) is 0 Å². The highest BCUT2D eigenvalue weighted by Crippen LogP contribution is 2.17. The molecule has 5 heteroatoms. The van der Waals surface area contributed by atoms with E-state index in [9.17, 15) is 9.59 Å². The maximum absolute atomic E-state index is 10.9. The molecule has 2 atom stereocenters. The van der Waals surface area contributed by atoms with E-state index in [1.54, 1.807) is 6.92 Å². The van der Waals surface area contributed by atoms with Gasteiger partial charge in [-0.3, -0.25) is 9.59 Å². The molecule has 18 heavy (non-hydrogen) atoms. The highest BCUT2D eigenvalue weighted by Gasteiger charge is 2.17. The Balaban J connectivity index is 3.64. The highest BCUT2D eigenvalue weighted by atomic mass is 16.4. The third-order valence-electron chi connectivity index (χ3n) is 2.98. The molecule has 0 spiro atoms. The molecule has 5 nitrogen and oxygen atoms in total. The molecule has 0 aromatic heterocycles. The van der Waals surface area contributed by atoms with Crippen LogP contribution < -0.4 is 0 Å². The summed E-state index contributed by atoms with van der Waals surface area (Å²) in [5.74, 6) is -2.39. The van der Waals surface area contributed by atoms with Crippen molar-refractivity contribution in [3.05, 3.63) is 0 Å². The number of carbonyl (C=O) groups is 2. The van der Waals surface area contributed by atoms with Gasteiger partial charge in [-0.25, -0.2) is 0 Å². The van der Waals surface area contributed by atoms with Gasteiger partial charge in [0.1, 0.15) is 0 Å². The molecule has 0 radical (unpaired) electrons. The summed E-state index contributed by atoms with van der Waals surface area (Å²) < 4.78 is 0. The molecule has 106 valence electrons. The van der Waals surface area contributed by atoms with Crippen LogP contribution in [-0.2, 0) is 9.59 Å². The third-order valence-corrected chi connectivity index (χ3v) is 2.98. The lowest BCUT2D eigenvalue weighted by Gasteiger charge is -2.10. The van der Waals surface area contributed by atoms with Gasteiger partial charge in [0, 0.05) is 6.42 Å². The van der Waals surface area contributed by atoms with Gasteiger partial charge in [0.15, 0.2) is 0 Å². The topological polar surface area (TPSA) is 94.8 Å². The second-order valence-electron chi connectivity index (χ2n) is 4.81. The van der Waals surface area contributed by atoms with Crippen molar-refractivity contribution in [1.82, 2.24) is 0 Å². The van der Waals surface area contributed by atoms with Gasteiger partial charge in [-0.1, -0.05) is 25.7 Å². The number of aliphatic hydroxyl groups is 1. The summed E-state index contributed by atoms with van der Waals surface area (Å²) in [4.78, 5) is 21.3. The first-order chi connectivity index (χ1) is 8.43. The van der Waals surface area contributed by atoms with Crippen LogP contribution in [0, 0.1) is 5.92 Å². The lowest BCUT2D eigenvalue weighted by Crippen LogP contribution is -2.15. The minimum absolute atomic E-state index is 0.0843. The number of unbranched alkanes of at least 4 members (excludes halogenated alkanes) is 3. The van der Waals surface area contributed by atoms with Crippen molar-refractivity contribution in [3.63, 3.8) is 0 Å². The lowest BCUT2D eigenvalue weighted by molar-refractivity contribution is -0.143. The fourth-order valence-electron chi connectivity index (χ4n) is 1.87. The van der Waals surface area contributed by atoms with Crippen LogP contribution in [0.4, 0.5) is 0 Å². The van der Waals surface area contributed by atoms with Crippen LogP contribution in [0.15, 0.2) is 0 Å². The maximum Gasteiger partial charge on any atom is 0.306 e. The Kier molecular flexibility index (Phi) is 9.28. The Morgan fingerprint density at radius 2 is 1.50 bits per heavy atom. The molecule has 0 unspecified atom stereocenters. The minimum Gasteiger partial charge on any atom is -0.481 e. The van der Waals surface area contributed by atoms with E-state index < -0.39 is 17.9 Å². The summed E-state index contributed by atoms with van der Waals surface area (Å²) in [6.45, 7) is 1.76. The number of hydrogen-bond acceptors (Lipinski definition) is 3. The smallest absolute Gasteiger partial charge is 0.306 e. The molecule has 0 saturated heterocycles. The van der Waals surface area contributed by atoms with Crippen LogP contribution in [0.2, 0.25) is 0 Å². The molecule has 0 bridgehead atoms. The van der Waals surface area contributed by atoms with Gasteiger partial charge >= 0.3 is 11.9 Å². The van der Waals surface area contributed by atoms with E-state index in [0.717, 1.165) is 32.1 Å². The Morgan fingerprint density at radius 1 is 0.944 bits per heavy atom. The maximum atomic E-state index is 10.9. The van der Waals surface area contributed by atoms with E-state index >= 15 is 0 Å². The highest BCUT2D eigenvalue weighted by molar-refractivity contribution is 5.72. The number of carboxylic acids is 2. The van der Waals surface area contributed by atoms with E-state index in [-0.39, 0.29) is 18.9 Å². The monoisotopic (exact) mass is 260 g/mol. The fraction of sp³-hybridized carbons (Fsp3) is 0.846. The average Bonchev–Trinajstić information content (AvgIpc) is 2.25. The van der Waals surface area contributed by atoms with Gasteiger partial charge in [0.2, 0.25) is 0 Å². The Hall–Kier alpha value is -1.10. The zero-order valence-corrected chi connectivity index (χ0v) is 11.0. The molecule has 3 N–H and O–H groups in total. The van der Waals surface area contributed by atoms with E-state index in [1.165, 1.54) is 0 Å². The predicted octanol–water partition coefficient (Wildman–Crippen LogP) is 2.27. The Bertz CT molecular complexity index is 250. The standard InChI is InChI=1S/C13H24O5/c1-10(14)6-4-2-3-5-7-11(13(17)18)8-9-12(15)16/h10-11,14H,2-9H2,1H3,(H,15,16)(H,17,18)/t10-,11+/m0/s1. The van der Waals surface area contributed by atoms with Crippen LogP contribution in [0.5, 0.6) is 0 Å². The Labute approximate surface area is 108 Å². The van der Waals surface area contributed by atoms with Crippen LogP contribution >= 0.6 is 0 Å². The molecule has 0 heterocycles. The normalized spacial score (nSPS) is 14.1. The molecule has 0 aliphatic carbocycles. The van der Waals surface area contributed by atoms with Crippen LogP contribution in [0.1, 0.15) is 58.3 Å². The predicted molar refractivity (Wildman–Crippen MR) is 67.4 cm³/mol. The van der Waals surface area contributed by atoms with E-state index in [0.29, 0.717) is 6.42 Å². The van der Waals surface area contributed by atoms with Crippen molar-refractivity contribution in [2.75, 3.05) is 0 Å². The molecule has 0 aliphatic rings. The second kappa shape index (κ2) is 9.88. The van der Waals surface area contributed by atoms with Crippen molar-refractivity contribution in [2.45, 2.75) is 64.4 Å². The number of aliphatic carboxylic acids is 2. The molecule has 0 rings (SSSR count). The first kappa shape index (κ1) is 16.9. The first-order valence-electron chi connectivity index (χ1n) is 6.56. The number of hydrogen-bond donors (Lipinski definition) is 3. The number of rotatable bonds is 11. The largest absolute Gasteiger partial charge is 0.481 e. The van der Waals surface area contributed by atoms with Crippen molar-refractivity contribution in [3.8, 4) is 0 Å². The molecule has 0 saturated carbocycles. The molecule has 0 aromatic carbocycles. The summed E-state index contributed by atoms with van der Waals surface area (Å²) in [6.07, 6.45) is 4.84. The second-order valence-corrected chi connectivity index (χ2v) is 4.81. The quantitative estimate of drug-likeness (QED) is 0.495. The number of carboxylic acid groups (broad SMARTS) is 2. The summed E-state index contributed by atoms with van der Waals surface area (Å²) in [5, 5.41) is 26.5. The zero-order valence-electron chi connectivity index (χ0n) is 11.0. The van der Waals surface area contributed by atoms with Gasteiger partial charge in [-0.05, 0) is 26.2 Å². The summed E-state index contributed by atoms with van der Waals surface area (Å²) in [7, 11) is 0. The SMILES string of the molecule is C[C@H](O)CCCCCC[C@H](CCC(=O)O)C(=O)O.